The van der Waals surface area contributed by atoms with E-state index in [4.69, 9.17) is 9.31 Å². The molecule has 0 aromatic carbocycles. The summed E-state index contributed by atoms with van der Waals surface area (Å²) in [6.07, 6.45) is -1.12. The Morgan fingerprint density at radius 1 is 1.22 bits per heavy atom. The summed E-state index contributed by atoms with van der Waals surface area (Å²) >= 11 is 0. The Kier molecular flexibility index (Phi) is 3.02. The molecule has 0 aliphatic carbocycles. The lowest BCUT2D eigenvalue weighted by molar-refractivity contribution is 0.00578. The van der Waals surface area contributed by atoms with Gasteiger partial charge in [-0.15, -0.1) is 0 Å². The lowest BCUT2D eigenvalue weighted by Crippen LogP contribution is -2.41. The maximum Gasteiger partial charge on any atom is 0.498 e. The van der Waals surface area contributed by atoms with Crippen LogP contribution in [-0.4, -0.2) is 28.1 Å². The molecular formula is C11H17BF2N2O2. The van der Waals surface area contributed by atoms with Crippen LogP contribution in [0.2, 0.25) is 0 Å². The smallest absolute Gasteiger partial charge is 0.399 e. The summed E-state index contributed by atoms with van der Waals surface area (Å²) in [6.45, 7) is 7.52. The summed E-state index contributed by atoms with van der Waals surface area (Å²) in [4.78, 5) is 0. The third-order valence-electron chi connectivity index (χ3n) is 3.60. The molecule has 1 aliphatic heterocycles. The van der Waals surface area contributed by atoms with Crippen molar-refractivity contribution >= 4 is 12.6 Å². The van der Waals surface area contributed by atoms with Crippen LogP contribution in [0.25, 0.3) is 0 Å². The number of hydrogen-bond acceptors (Lipinski definition) is 3. The average Bonchev–Trinajstić information content (AvgIpc) is 2.66. The van der Waals surface area contributed by atoms with Gasteiger partial charge in [0.1, 0.15) is 5.69 Å². The maximum atomic E-state index is 12.9. The van der Waals surface area contributed by atoms with Gasteiger partial charge in [-0.1, -0.05) is 0 Å². The number of alkyl halides is 2. The van der Waals surface area contributed by atoms with E-state index in [1.807, 2.05) is 27.7 Å². The van der Waals surface area contributed by atoms with Gasteiger partial charge in [-0.2, -0.15) is 5.10 Å². The topological polar surface area (TPSA) is 36.3 Å². The molecular weight excluding hydrogens is 241 g/mol. The number of aryl methyl sites for hydroxylation is 1. The van der Waals surface area contributed by atoms with E-state index in [2.05, 4.69) is 5.10 Å². The molecule has 7 heteroatoms. The van der Waals surface area contributed by atoms with Crippen LogP contribution in [0.1, 0.15) is 39.8 Å². The van der Waals surface area contributed by atoms with Crippen LogP contribution < -0.4 is 5.46 Å². The Labute approximate surface area is 105 Å². The van der Waals surface area contributed by atoms with Crippen molar-refractivity contribution in [2.24, 2.45) is 7.05 Å². The van der Waals surface area contributed by atoms with Gasteiger partial charge in [0, 0.05) is 18.7 Å². The van der Waals surface area contributed by atoms with Gasteiger partial charge in [0.15, 0.2) is 0 Å². The molecule has 0 saturated carbocycles. The Balaban J connectivity index is 2.35. The monoisotopic (exact) mass is 258 g/mol. The van der Waals surface area contributed by atoms with Crippen molar-refractivity contribution < 1.29 is 18.1 Å². The van der Waals surface area contributed by atoms with E-state index < -0.39 is 24.7 Å². The van der Waals surface area contributed by atoms with Crippen LogP contribution in [0.4, 0.5) is 8.78 Å². The fraction of sp³-hybridized carbons (Fsp3) is 0.727. The van der Waals surface area contributed by atoms with Crippen LogP contribution in [0.3, 0.4) is 0 Å². The molecule has 0 radical (unpaired) electrons. The molecule has 18 heavy (non-hydrogen) atoms. The molecule has 0 amide bonds. The van der Waals surface area contributed by atoms with Gasteiger partial charge >= 0.3 is 7.12 Å². The van der Waals surface area contributed by atoms with Crippen molar-refractivity contribution in [1.82, 2.24) is 9.78 Å². The van der Waals surface area contributed by atoms with Crippen molar-refractivity contribution in [3.63, 3.8) is 0 Å². The first-order chi connectivity index (χ1) is 8.14. The molecule has 0 spiro atoms. The fourth-order valence-corrected chi connectivity index (χ4v) is 1.85. The van der Waals surface area contributed by atoms with Gasteiger partial charge in [0.2, 0.25) is 0 Å². The number of halogens is 2. The zero-order valence-corrected chi connectivity index (χ0v) is 11.2. The number of nitrogens with zero attached hydrogens (tertiary/aromatic N) is 2. The molecule has 1 aromatic rings. The Morgan fingerprint density at radius 2 is 1.72 bits per heavy atom. The molecule has 4 nitrogen and oxygen atoms in total. The highest BCUT2D eigenvalue weighted by Gasteiger charge is 2.53. The normalized spacial score (nSPS) is 21.9. The number of hydrogen-bond donors (Lipinski definition) is 0. The molecule has 100 valence electrons. The zero-order valence-electron chi connectivity index (χ0n) is 11.2. The largest absolute Gasteiger partial charge is 0.498 e. The minimum atomic E-state index is -2.64. The predicted octanol–water partition coefficient (Wildman–Crippen LogP) is 1.66. The van der Waals surface area contributed by atoms with E-state index in [-0.39, 0.29) is 5.69 Å². The quantitative estimate of drug-likeness (QED) is 0.757. The third-order valence-corrected chi connectivity index (χ3v) is 3.60. The molecule has 0 N–H and O–H groups in total. The van der Waals surface area contributed by atoms with E-state index in [1.54, 1.807) is 7.05 Å². The van der Waals surface area contributed by atoms with Gasteiger partial charge in [-0.05, 0) is 27.7 Å². The average molecular weight is 258 g/mol. The number of rotatable bonds is 2. The number of aromatic nitrogens is 2. The SMILES string of the molecule is Cn1cc(B2OC(C)(C)C(C)(C)O2)c(C(F)F)n1. The van der Waals surface area contributed by atoms with Gasteiger partial charge in [0.05, 0.1) is 11.2 Å². The molecule has 2 rings (SSSR count). The second-order valence-corrected chi connectivity index (χ2v) is 5.53. The molecule has 1 fully saturated rings. The van der Waals surface area contributed by atoms with Gasteiger partial charge in [-0.3, -0.25) is 4.68 Å². The second kappa shape index (κ2) is 4.03. The Morgan fingerprint density at radius 3 is 2.17 bits per heavy atom. The van der Waals surface area contributed by atoms with Gasteiger partial charge in [-0.25, -0.2) is 8.78 Å². The highest BCUT2D eigenvalue weighted by atomic mass is 19.3. The highest BCUT2D eigenvalue weighted by molar-refractivity contribution is 6.62. The predicted molar refractivity (Wildman–Crippen MR) is 63.9 cm³/mol. The van der Waals surface area contributed by atoms with E-state index in [0.29, 0.717) is 5.46 Å². The first-order valence-corrected chi connectivity index (χ1v) is 5.81. The summed E-state index contributed by atoms with van der Waals surface area (Å²) in [7, 11) is 0.799. The van der Waals surface area contributed by atoms with Crippen molar-refractivity contribution in [1.29, 1.82) is 0 Å². The van der Waals surface area contributed by atoms with Crippen LogP contribution in [0, 0.1) is 0 Å². The summed E-state index contributed by atoms with van der Waals surface area (Å²) in [5, 5.41) is 3.76. The van der Waals surface area contributed by atoms with E-state index in [9.17, 15) is 8.78 Å². The van der Waals surface area contributed by atoms with Crippen molar-refractivity contribution in [2.75, 3.05) is 0 Å². The summed E-state index contributed by atoms with van der Waals surface area (Å²) in [6, 6.07) is 0. The molecule has 2 heterocycles. The second-order valence-electron chi connectivity index (χ2n) is 5.53. The van der Waals surface area contributed by atoms with Crippen LogP contribution in [-0.2, 0) is 16.4 Å². The Hall–Kier alpha value is -0.945. The highest BCUT2D eigenvalue weighted by Crippen LogP contribution is 2.37. The fourth-order valence-electron chi connectivity index (χ4n) is 1.85. The van der Waals surface area contributed by atoms with Crippen LogP contribution in [0.5, 0.6) is 0 Å². The first-order valence-electron chi connectivity index (χ1n) is 5.81. The molecule has 0 unspecified atom stereocenters. The van der Waals surface area contributed by atoms with Gasteiger partial charge in [0.25, 0.3) is 6.43 Å². The van der Waals surface area contributed by atoms with Crippen molar-refractivity contribution in [3.05, 3.63) is 11.9 Å². The molecule has 1 aliphatic rings. The molecule has 0 atom stereocenters. The summed E-state index contributed by atoms with van der Waals surface area (Å²) in [5.41, 5.74) is -1.08. The zero-order chi connectivity index (χ0) is 13.7. The molecule has 0 bridgehead atoms. The maximum absolute atomic E-state index is 12.9. The first kappa shape index (κ1) is 13.5. The minimum Gasteiger partial charge on any atom is -0.399 e. The molecule has 1 aromatic heterocycles. The lowest BCUT2D eigenvalue weighted by atomic mass is 9.79. The van der Waals surface area contributed by atoms with Crippen molar-refractivity contribution in [2.45, 2.75) is 45.3 Å². The summed E-state index contributed by atoms with van der Waals surface area (Å²) in [5.74, 6) is 0. The Bertz CT molecular complexity index is 444. The van der Waals surface area contributed by atoms with E-state index >= 15 is 0 Å². The van der Waals surface area contributed by atoms with E-state index in [1.165, 1.54) is 10.9 Å². The van der Waals surface area contributed by atoms with Crippen LogP contribution in [0.15, 0.2) is 6.20 Å². The van der Waals surface area contributed by atoms with Gasteiger partial charge < -0.3 is 9.31 Å². The van der Waals surface area contributed by atoms with Crippen molar-refractivity contribution in [3.8, 4) is 0 Å². The van der Waals surface area contributed by atoms with Crippen LogP contribution >= 0.6 is 0 Å². The standard InChI is InChI=1S/C11H17BF2N2O2/c1-10(2)11(3,4)18-12(17-10)7-6-16(5)15-8(7)9(13)14/h6,9H,1-5H3. The summed E-state index contributed by atoms with van der Waals surface area (Å²) < 4.78 is 38.6. The third kappa shape index (κ3) is 2.05. The lowest BCUT2D eigenvalue weighted by Gasteiger charge is -2.32. The van der Waals surface area contributed by atoms with E-state index in [0.717, 1.165) is 0 Å². The minimum absolute atomic E-state index is 0.281. The molecule has 1 saturated heterocycles.